The average molecular weight is 343 g/mol. The zero-order valence-corrected chi connectivity index (χ0v) is 12.8. The van der Waals surface area contributed by atoms with E-state index in [1.807, 2.05) is 0 Å². The van der Waals surface area contributed by atoms with Crippen LogP contribution in [-0.2, 0) is 6.18 Å². The molecule has 5 nitrogen and oxygen atoms in total. The van der Waals surface area contributed by atoms with Crippen molar-refractivity contribution < 1.29 is 17.6 Å². The van der Waals surface area contributed by atoms with Crippen LogP contribution in [0.3, 0.4) is 0 Å². The van der Waals surface area contributed by atoms with Gasteiger partial charge in [0.2, 0.25) is 11.9 Å². The SMILES string of the molecule is NC1=NC2(CCCCC2)N(c2ccc(F)c(C(F)(F)F)c2)C(N)=N1. The van der Waals surface area contributed by atoms with Crippen LogP contribution < -0.4 is 16.4 Å². The standard InChI is InChI=1S/C15H17F4N5/c16-11-5-4-9(8-10(11)15(17,18)19)24-13(21)22-12(20)23-14(24)6-2-1-3-7-14/h4-5,8H,1-3,6-7H2,(H4,20,21,22,23). The van der Waals surface area contributed by atoms with Crippen molar-refractivity contribution in [3.63, 3.8) is 0 Å². The Kier molecular flexibility index (Phi) is 3.89. The third kappa shape index (κ3) is 2.78. The number of rotatable bonds is 1. The van der Waals surface area contributed by atoms with Crippen molar-refractivity contribution in [1.82, 2.24) is 0 Å². The quantitative estimate of drug-likeness (QED) is 0.770. The molecule has 1 heterocycles. The van der Waals surface area contributed by atoms with E-state index < -0.39 is 23.2 Å². The van der Waals surface area contributed by atoms with E-state index in [1.165, 1.54) is 11.0 Å². The summed E-state index contributed by atoms with van der Waals surface area (Å²) >= 11 is 0. The topological polar surface area (TPSA) is 80.0 Å². The van der Waals surface area contributed by atoms with Crippen LogP contribution in [0.1, 0.15) is 37.7 Å². The number of benzene rings is 1. The van der Waals surface area contributed by atoms with Gasteiger partial charge in [0.25, 0.3) is 0 Å². The number of nitrogens with zero attached hydrogens (tertiary/aromatic N) is 3. The summed E-state index contributed by atoms with van der Waals surface area (Å²) in [5.74, 6) is -1.37. The Hall–Kier alpha value is -2.32. The maximum absolute atomic E-state index is 13.6. The molecule has 0 atom stereocenters. The van der Waals surface area contributed by atoms with E-state index in [-0.39, 0.29) is 17.6 Å². The normalized spacial score (nSPS) is 20.8. The highest BCUT2D eigenvalue weighted by Gasteiger charge is 2.43. The molecule has 1 fully saturated rings. The highest BCUT2D eigenvalue weighted by atomic mass is 19.4. The summed E-state index contributed by atoms with van der Waals surface area (Å²) in [6.45, 7) is 0. The maximum atomic E-state index is 13.6. The van der Waals surface area contributed by atoms with E-state index in [4.69, 9.17) is 11.5 Å². The molecule has 1 saturated carbocycles. The van der Waals surface area contributed by atoms with Crippen LogP contribution in [0.5, 0.6) is 0 Å². The van der Waals surface area contributed by atoms with E-state index in [2.05, 4.69) is 9.98 Å². The molecule has 0 aromatic heterocycles. The van der Waals surface area contributed by atoms with Crippen molar-refractivity contribution in [3.8, 4) is 0 Å². The summed E-state index contributed by atoms with van der Waals surface area (Å²) in [4.78, 5) is 9.69. The number of nitrogens with two attached hydrogens (primary N) is 2. The predicted octanol–water partition coefficient (Wildman–Crippen LogP) is 2.95. The summed E-state index contributed by atoms with van der Waals surface area (Å²) in [6, 6.07) is 2.77. The zero-order valence-electron chi connectivity index (χ0n) is 12.8. The fraction of sp³-hybridized carbons (Fsp3) is 0.467. The molecule has 2 aliphatic rings. The molecule has 1 aromatic rings. The molecule has 130 valence electrons. The van der Waals surface area contributed by atoms with Crippen molar-refractivity contribution >= 4 is 17.6 Å². The molecule has 1 spiro atoms. The fourth-order valence-electron chi connectivity index (χ4n) is 3.36. The van der Waals surface area contributed by atoms with Gasteiger partial charge in [-0.1, -0.05) is 6.42 Å². The summed E-state index contributed by atoms with van der Waals surface area (Å²) in [5.41, 5.74) is 9.54. The van der Waals surface area contributed by atoms with E-state index in [9.17, 15) is 17.6 Å². The number of aliphatic imine (C=N–C) groups is 2. The average Bonchev–Trinajstić information content (AvgIpc) is 2.47. The Bertz CT molecular complexity index is 704. The lowest BCUT2D eigenvalue weighted by molar-refractivity contribution is -0.139. The smallest absolute Gasteiger partial charge is 0.369 e. The first-order chi connectivity index (χ1) is 11.2. The fourth-order valence-corrected chi connectivity index (χ4v) is 3.36. The first-order valence-electron chi connectivity index (χ1n) is 7.59. The Morgan fingerprint density at radius 2 is 1.75 bits per heavy atom. The molecule has 1 aromatic carbocycles. The molecule has 3 rings (SSSR count). The highest BCUT2D eigenvalue weighted by molar-refractivity contribution is 6.05. The molecular formula is C15H17F4N5. The summed E-state index contributed by atoms with van der Waals surface area (Å²) < 4.78 is 52.6. The first-order valence-corrected chi connectivity index (χ1v) is 7.59. The minimum atomic E-state index is -4.80. The van der Waals surface area contributed by atoms with Gasteiger partial charge in [-0.25, -0.2) is 9.38 Å². The monoisotopic (exact) mass is 343 g/mol. The number of anilines is 1. The number of guanidine groups is 2. The minimum absolute atomic E-state index is 0.00352. The van der Waals surface area contributed by atoms with Crippen LogP contribution in [0.2, 0.25) is 0 Å². The van der Waals surface area contributed by atoms with Gasteiger partial charge >= 0.3 is 6.18 Å². The number of hydrogen-bond donors (Lipinski definition) is 2. The highest BCUT2D eigenvalue weighted by Crippen LogP contribution is 2.41. The maximum Gasteiger partial charge on any atom is 0.419 e. The molecule has 0 saturated heterocycles. The van der Waals surface area contributed by atoms with Gasteiger partial charge in [0.15, 0.2) is 0 Å². The summed E-state index contributed by atoms with van der Waals surface area (Å²) in [5, 5.41) is 0. The Balaban J connectivity index is 2.11. The van der Waals surface area contributed by atoms with Crippen LogP contribution in [0.25, 0.3) is 0 Å². The van der Waals surface area contributed by atoms with Crippen molar-refractivity contribution in [3.05, 3.63) is 29.6 Å². The van der Waals surface area contributed by atoms with Crippen molar-refractivity contribution in [2.24, 2.45) is 21.5 Å². The molecule has 24 heavy (non-hydrogen) atoms. The largest absolute Gasteiger partial charge is 0.419 e. The van der Waals surface area contributed by atoms with Gasteiger partial charge in [-0.05, 0) is 43.9 Å². The lowest BCUT2D eigenvalue weighted by atomic mass is 9.87. The van der Waals surface area contributed by atoms with Gasteiger partial charge in [-0.2, -0.15) is 18.2 Å². The molecule has 1 aliphatic carbocycles. The van der Waals surface area contributed by atoms with Gasteiger partial charge in [-0.3, -0.25) is 4.90 Å². The van der Waals surface area contributed by atoms with Crippen molar-refractivity contribution in [1.29, 1.82) is 0 Å². The van der Waals surface area contributed by atoms with E-state index in [1.54, 1.807) is 0 Å². The van der Waals surface area contributed by atoms with Gasteiger partial charge < -0.3 is 11.5 Å². The van der Waals surface area contributed by atoms with Crippen molar-refractivity contribution in [2.75, 3.05) is 4.90 Å². The predicted molar refractivity (Wildman–Crippen MR) is 82.9 cm³/mol. The van der Waals surface area contributed by atoms with Crippen LogP contribution in [0.4, 0.5) is 23.2 Å². The molecule has 4 N–H and O–H groups in total. The van der Waals surface area contributed by atoms with Crippen LogP contribution >= 0.6 is 0 Å². The second kappa shape index (κ2) is 5.64. The summed E-state index contributed by atoms with van der Waals surface area (Å²) in [7, 11) is 0. The lowest BCUT2D eigenvalue weighted by Gasteiger charge is -2.45. The van der Waals surface area contributed by atoms with E-state index in [0.717, 1.165) is 31.4 Å². The lowest BCUT2D eigenvalue weighted by Crippen LogP contribution is -2.58. The number of hydrogen-bond acceptors (Lipinski definition) is 5. The van der Waals surface area contributed by atoms with Crippen LogP contribution in [-0.4, -0.2) is 17.6 Å². The molecule has 1 aliphatic heterocycles. The van der Waals surface area contributed by atoms with Gasteiger partial charge in [0, 0.05) is 5.69 Å². The molecule has 0 amide bonds. The third-order valence-electron chi connectivity index (χ3n) is 4.36. The summed E-state index contributed by atoms with van der Waals surface area (Å²) in [6.07, 6.45) is -0.948. The number of halogens is 4. The Morgan fingerprint density at radius 3 is 2.38 bits per heavy atom. The van der Waals surface area contributed by atoms with Crippen LogP contribution in [0, 0.1) is 5.82 Å². The van der Waals surface area contributed by atoms with E-state index >= 15 is 0 Å². The minimum Gasteiger partial charge on any atom is -0.369 e. The first kappa shape index (κ1) is 16.5. The zero-order chi connectivity index (χ0) is 17.5. The molecule has 0 radical (unpaired) electrons. The molecule has 0 bridgehead atoms. The number of alkyl halides is 3. The second-order valence-corrected chi connectivity index (χ2v) is 5.98. The van der Waals surface area contributed by atoms with Gasteiger partial charge in [0.1, 0.15) is 11.5 Å². The molecular weight excluding hydrogens is 326 g/mol. The van der Waals surface area contributed by atoms with Gasteiger partial charge in [0.05, 0.1) is 5.56 Å². The third-order valence-corrected chi connectivity index (χ3v) is 4.36. The molecule has 0 unspecified atom stereocenters. The molecule has 9 heteroatoms. The van der Waals surface area contributed by atoms with Crippen LogP contribution in [0.15, 0.2) is 28.2 Å². The van der Waals surface area contributed by atoms with Gasteiger partial charge in [-0.15, -0.1) is 0 Å². The Morgan fingerprint density at radius 1 is 1.08 bits per heavy atom. The van der Waals surface area contributed by atoms with Crippen molar-refractivity contribution in [2.45, 2.75) is 43.9 Å². The Labute approximate surface area is 136 Å². The van der Waals surface area contributed by atoms with E-state index in [0.29, 0.717) is 12.8 Å². The second-order valence-electron chi connectivity index (χ2n) is 5.98.